The number of nitrogens with zero attached hydrogens (tertiary/aromatic N) is 3. The number of aromatic nitrogens is 3. The van der Waals surface area contributed by atoms with Gasteiger partial charge in [-0.15, -0.1) is 10.2 Å². The standard InChI is InChI=1S/C13H12N4O2S/c1-17-7-8(9-4-2-3-5-10(9)17)6-11-15-16-12(20-11)14-13(18)19/h2-5,7H,6H2,1H3,(H,14,16)(H,18,19). The fraction of sp³-hybridized carbons (Fsp3) is 0.154. The predicted molar refractivity (Wildman–Crippen MR) is 77.3 cm³/mol. The molecule has 0 aliphatic carbocycles. The van der Waals surface area contributed by atoms with E-state index in [1.165, 1.54) is 16.7 Å². The lowest BCUT2D eigenvalue weighted by atomic mass is 10.1. The van der Waals surface area contributed by atoms with E-state index in [0.717, 1.165) is 16.1 Å². The van der Waals surface area contributed by atoms with Gasteiger partial charge in [-0.3, -0.25) is 5.32 Å². The molecule has 6 nitrogen and oxygen atoms in total. The Kier molecular flexibility index (Phi) is 3.11. The second-order valence-electron chi connectivity index (χ2n) is 4.39. The van der Waals surface area contributed by atoms with Crippen LogP contribution in [0.4, 0.5) is 9.93 Å². The molecule has 20 heavy (non-hydrogen) atoms. The maximum atomic E-state index is 10.5. The third-order valence-corrected chi connectivity index (χ3v) is 3.84. The minimum Gasteiger partial charge on any atom is -0.465 e. The van der Waals surface area contributed by atoms with Crippen LogP contribution in [-0.4, -0.2) is 26.0 Å². The molecule has 0 aliphatic rings. The van der Waals surface area contributed by atoms with E-state index in [0.29, 0.717) is 11.6 Å². The fourth-order valence-electron chi connectivity index (χ4n) is 2.20. The van der Waals surface area contributed by atoms with Crippen molar-refractivity contribution in [2.24, 2.45) is 7.05 Å². The molecule has 0 unspecified atom stereocenters. The number of rotatable bonds is 3. The molecule has 7 heteroatoms. The molecule has 2 N–H and O–H groups in total. The van der Waals surface area contributed by atoms with Crippen LogP contribution in [0.3, 0.4) is 0 Å². The monoisotopic (exact) mass is 288 g/mol. The summed E-state index contributed by atoms with van der Waals surface area (Å²) >= 11 is 1.25. The second kappa shape index (κ2) is 4.93. The van der Waals surface area contributed by atoms with Crippen molar-refractivity contribution in [3.8, 4) is 0 Å². The summed E-state index contributed by atoms with van der Waals surface area (Å²) in [5.41, 5.74) is 2.32. The molecule has 3 rings (SSSR count). The number of fused-ring (bicyclic) bond motifs is 1. The maximum Gasteiger partial charge on any atom is 0.411 e. The molecule has 0 bridgehead atoms. The summed E-state index contributed by atoms with van der Waals surface area (Å²) in [6.45, 7) is 0. The first-order valence-electron chi connectivity index (χ1n) is 5.99. The Bertz CT molecular complexity index is 778. The molecule has 0 radical (unpaired) electrons. The van der Waals surface area contributed by atoms with Gasteiger partial charge in [-0.25, -0.2) is 4.79 Å². The lowest BCUT2D eigenvalue weighted by Gasteiger charge is -1.94. The van der Waals surface area contributed by atoms with Gasteiger partial charge in [0.15, 0.2) is 0 Å². The highest BCUT2D eigenvalue weighted by atomic mass is 32.1. The molecule has 0 aliphatic heterocycles. The van der Waals surface area contributed by atoms with Gasteiger partial charge < -0.3 is 9.67 Å². The van der Waals surface area contributed by atoms with E-state index in [1.807, 2.05) is 19.2 Å². The Morgan fingerprint density at radius 1 is 1.40 bits per heavy atom. The van der Waals surface area contributed by atoms with Gasteiger partial charge in [0.25, 0.3) is 0 Å². The number of benzene rings is 1. The largest absolute Gasteiger partial charge is 0.465 e. The summed E-state index contributed by atoms with van der Waals surface area (Å²) < 4.78 is 2.07. The molecule has 2 aromatic heterocycles. The summed E-state index contributed by atoms with van der Waals surface area (Å²) in [4.78, 5) is 10.5. The van der Waals surface area contributed by atoms with Gasteiger partial charge >= 0.3 is 6.09 Å². The van der Waals surface area contributed by atoms with E-state index in [2.05, 4.69) is 38.4 Å². The minimum atomic E-state index is -1.13. The van der Waals surface area contributed by atoms with Gasteiger partial charge in [0, 0.05) is 30.6 Å². The van der Waals surface area contributed by atoms with Gasteiger partial charge in [-0.05, 0) is 11.6 Å². The minimum absolute atomic E-state index is 0.299. The number of carbonyl (C=O) groups is 1. The number of amides is 1. The van der Waals surface area contributed by atoms with E-state index in [1.54, 1.807) is 0 Å². The lowest BCUT2D eigenvalue weighted by Crippen LogP contribution is -2.06. The molecule has 0 spiro atoms. The van der Waals surface area contributed by atoms with Gasteiger partial charge in [-0.2, -0.15) is 0 Å². The van der Waals surface area contributed by atoms with Crippen LogP contribution >= 0.6 is 11.3 Å². The van der Waals surface area contributed by atoms with Crippen LogP contribution in [0.2, 0.25) is 0 Å². The Morgan fingerprint density at radius 2 is 2.20 bits per heavy atom. The summed E-state index contributed by atoms with van der Waals surface area (Å²) in [5, 5.41) is 20.9. The molecule has 0 atom stereocenters. The van der Waals surface area contributed by atoms with E-state index >= 15 is 0 Å². The number of hydrogen-bond acceptors (Lipinski definition) is 4. The van der Waals surface area contributed by atoms with E-state index in [4.69, 9.17) is 5.11 Å². The summed E-state index contributed by atoms with van der Waals surface area (Å²) in [7, 11) is 2.00. The number of para-hydroxylation sites is 1. The quantitative estimate of drug-likeness (QED) is 0.776. The van der Waals surface area contributed by atoms with Crippen molar-refractivity contribution in [1.82, 2.24) is 14.8 Å². The highest BCUT2D eigenvalue weighted by Crippen LogP contribution is 2.25. The summed E-state index contributed by atoms with van der Waals surface area (Å²) in [5.74, 6) is 0. The first-order chi connectivity index (χ1) is 9.63. The third kappa shape index (κ3) is 2.35. The van der Waals surface area contributed by atoms with Crippen LogP contribution in [0.15, 0.2) is 30.5 Å². The van der Waals surface area contributed by atoms with Crippen LogP contribution in [-0.2, 0) is 13.5 Å². The Hall–Kier alpha value is -2.41. The van der Waals surface area contributed by atoms with Gasteiger partial charge in [0.2, 0.25) is 5.13 Å². The SMILES string of the molecule is Cn1cc(Cc2nnc(NC(=O)O)s2)c2ccccc21. The average molecular weight is 288 g/mol. The lowest BCUT2D eigenvalue weighted by molar-refractivity contribution is 0.209. The molecule has 1 amide bonds. The Labute approximate surface area is 118 Å². The molecular formula is C13H12N4O2S. The van der Waals surface area contributed by atoms with Crippen molar-refractivity contribution in [3.63, 3.8) is 0 Å². The molecule has 2 heterocycles. The van der Waals surface area contributed by atoms with Crippen LogP contribution in [0, 0.1) is 0 Å². The van der Waals surface area contributed by atoms with Crippen molar-refractivity contribution in [2.75, 3.05) is 5.32 Å². The first kappa shape index (κ1) is 12.6. The molecule has 0 fully saturated rings. The predicted octanol–water partition coefficient (Wildman–Crippen LogP) is 2.71. The van der Waals surface area contributed by atoms with Crippen molar-refractivity contribution in [3.05, 3.63) is 41.0 Å². The number of carboxylic acid groups (broad SMARTS) is 1. The molecule has 102 valence electrons. The molecule has 1 aromatic carbocycles. The zero-order valence-corrected chi connectivity index (χ0v) is 11.5. The maximum absolute atomic E-state index is 10.5. The van der Waals surface area contributed by atoms with Crippen LogP contribution in [0.1, 0.15) is 10.6 Å². The average Bonchev–Trinajstić information content (AvgIpc) is 2.96. The molecule has 3 aromatic rings. The van der Waals surface area contributed by atoms with Crippen molar-refractivity contribution in [1.29, 1.82) is 0 Å². The fourth-order valence-corrected chi connectivity index (χ4v) is 2.95. The third-order valence-electron chi connectivity index (χ3n) is 3.00. The Balaban J connectivity index is 1.89. The highest BCUT2D eigenvalue weighted by Gasteiger charge is 2.11. The molecule has 0 saturated heterocycles. The highest BCUT2D eigenvalue weighted by molar-refractivity contribution is 7.15. The molecule has 0 saturated carbocycles. The Morgan fingerprint density at radius 3 is 3.00 bits per heavy atom. The zero-order chi connectivity index (χ0) is 14.1. The summed E-state index contributed by atoms with van der Waals surface area (Å²) in [6.07, 6.45) is 1.58. The number of anilines is 1. The van der Waals surface area contributed by atoms with Gasteiger partial charge in [0.05, 0.1) is 0 Å². The normalized spacial score (nSPS) is 10.8. The van der Waals surface area contributed by atoms with E-state index in [9.17, 15) is 4.79 Å². The van der Waals surface area contributed by atoms with Crippen LogP contribution in [0.5, 0.6) is 0 Å². The number of hydrogen-bond donors (Lipinski definition) is 2. The topological polar surface area (TPSA) is 80.0 Å². The van der Waals surface area contributed by atoms with E-state index < -0.39 is 6.09 Å². The molecular weight excluding hydrogens is 276 g/mol. The smallest absolute Gasteiger partial charge is 0.411 e. The number of aryl methyl sites for hydroxylation is 1. The van der Waals surface area contributed by atoms with Gasteiger partial charge in [0.1, 0.15) is 5.01 Å². The van der Waals surface area contributed by atoms with Crippen molar-refractivity contribution < 1.29 is 9.90 Å². The zero-order valence-electron chi connectivity index (χ0n) is 10.7. The van der Waals surface area contributed by atoms with Crippen molar-refractivity contribution >= 4 is 33.5 Å². The second-order valence-corrected chi connectivity index (χ2v) is 5.45. The number of nitrogens with one attached hydrogen (secondary N) is 1. The summed E-state index contributed by atoms with van der Waals surface area (Å²) in [6, 6.07) is 8.15. The van der Waals surface area contributed by atoms with E-state index in [-0.39, 0.29) is 0 Å². The van der Waals surface area contributed by atoms with Crippen molar-refractivity contribution in [2.45, 2.75) is 6.42 Å². The first-order valence-corrected chi connectivity index (χ1v) is 6.80. The van der Waals surface area contributed by atoms with Crippen LogP contribution < -0.4 is 5.32 Å². The van der Waals surface area contributed by atoms with Crippen LogP contribution in [0.25, 0.3) is 10.9 Å². The van der Waals surface area contributed by atoms with Gasteiger partial charge in [-0.1, -0.05) is 29.5 Å².